The van der Waals surface area contributed by atoms with Gasteiger partial charge in [-0.05, 0) is 115 Å². The van der Waals surface area contributed by atoms with Crippen LogP contribution in [0.15, 0.2) is 60.2 Å². The van der Waals surface area contributed by atoms with Crippen LogP contribution in [0.4, 0.5) is 11.4 Å². The number of hydrogen-bond donors (Lipinski definition) is 3. The molecule has 0 atom stereocenters. The number of phenolic OH excluding ortho intramolecular Hbond substituents is 1. The largest absolute Gasteiger partial charge is 0.508 e. The number of nitriles is 1. The van der Waals surface area contributed by atoms with Crippen LogP contribution in [0.3, 0.4) is 0 Å². The van der Waals surface area contributed by atoms with Crippen LogP contribution >= 0.6 is 22.6 Å². The number of benzene rings is 3. The zero-order valence-electron chi connectivity index (χ0n) is 20.6. The molecular formula is C28H26IN3O5. The van der Waals surface area contributed by atoms with E-state index in [1.165, 1.54) is 30.3 Å². The molecule has 0 aliphatic rings. The highest BCUT2D eigenvalue weighted by Crippen LogP contribution is 2.35. The van der Waals surface area contributed by atoms with Gasteiger partial charge < -0.3 is 25.2 Å². The van der Waals surface area contributed by atoms with E-state index >= 15 is 0 Å². The third-order valence-corrected chi connectivity index (χ3v) is 6.07. The number of amides is 2. The molecule has 0 aliphatic carbocycles. The van der Waals surface area contributed by atoms with Gasteiger partial charge in [0.05, 0.1) is 10.2 Å². The zero-order valence-corrected chi connectivity index (χ0v) is 22.8. The minimum absolute atomic E-state index is 0.0668. The first-order chi connectivity index (χ1) is 17.7. The van der Waals surface area contributed by atoms with E-state index in [1.807, 2.05) is 45.0 Å². The lowest BCUT2D eigenvalue weighted by Crippen LogP contribution is -2.20. The third kappa shape index (κ3) is 7.72. The molecule has 0 heterocycles. The normalized spacial score (nSPS) is 10.8. The van der Waals surface area contributed by atoms with Crippen molar-refractivity contribution >= 4 is 51.9 Å². The van der Waals surface area contributed by atoms with Gasteiger partial charge in [-0.1, -0.05) is 6.07 Å². The van der Waals surface area contributed by atoms with Gasteiger partial charge >= 0.3 is 0 Å². The Kier molecular flexibility index (Phi) is 9.51. The Labute approximate surface area is 229 Å². The Morgan fingerprint density at radius 1 is 1.00 bits per heavy atom. The molecule has 3 aromatic carbocycles. The van der Waals surface area contributed by atoms with E-state index in [0.29, 0.717) is 38.6 Å². The van der Waals surface area contributed by atoms with Gasteiger partial charge in [-0.15, -0.1) is 0 Å². The Bertz CT molecular complexity index is 1380. The molecule has 37 heavy (non-hydrogen) atoms. The van der Waals surface area contributed by atoms with E-state index in [9.17, 15) is 20.0 Å². The maximum Gasteiger partial charge on any atom is 0.266 e. The smallest absolute Gasteiger partial charge is 0.266 e. The Hall–Kier alpha value is -4.04. The van der Waals surface area contributed by atoms with Crippen molar-refractivity contribution in [2.45, 2.75) is 20.8 Å². The molecule has 0 aromatic heterocycles. The Morgan fingerprint density at radius 3 is 2.35 bits per heavy atom. The van der Waals surface area contributed by atoms with Crippen LogP contribution in [0.2, 0.25) is 0 Å². The molecule has 2 amide bonds. The first-order valence-electron chi connectivity index (χ1n) is 11.4. The minimum atomic E-state index is -0.593. The molecule has 0 radical (unpaired) electrons. The number of halogens is 1. The van der Waals surface area contributed by atoms with Crippen LogP contribution in [0.5, 0.6) is 17.2 Å². The third-order valence-electron chi connectivity index (χ3n) is 5.27. The topological polar surface area (TPSA) is 121 Å². The summed E-state index contributed by atoms with van der Waals surface area (Å²) >= 11 is 2.05. The summed E-state index contributed by atoms with van der Waals surface area (Å²) in [6.45, 7) is 5.92. The predicted octanol–water partition coefficient (Wildman–Crippen LogP) is 5.58. The number of nitrogens with zero attached hydrogens (tertiary/aromatic N) is 1. The SMILES string of the molecule is CCOc1cc(/C=C(\C#N)C(=O)Nc2ccc(O)cc2)cc(I)c1OCC(=O)Nc1ccc(C)c(C)c1. The van der Waals surface area contributed by atoms with Crippen LogP contribution in [0, 0.1) is 28.7 Å². The summed E-state index contributed by atoms with van der Waals surface area (Å²) in [6.07, 6.45) is 1.44. The fourth-order valence-electron chi connectivity index (χ4n) is 3.29. The van der Waals surface area contributed by atoms with Crippen LogP contribution < -0.4 is 20.1 Å². The lowest BCUT2D eigenvalue weighted by atomic mass is 10.1. The van der Waals surface area contributed by atoms with Crippen LogP contribution in [-0.2, 0) is 9.59 Å². The first kappa shape index (κ1) is 27.5. The number of aryl methyl sites for hydroxylation is 2. The van der Waals surface area contributed by atoms with E-state index in [-0.39, 0.29) is 23.8 Å². The summed E-state index contributed by atoms with van der Waals surface area (Å²) in [5, 5.41) is 24.4. The standard InChI is InChI=1S/C28H26IN3O5/c1-4-36-25-14-19(12-20(15-30)28(35)32-21-7-9-23(33)10-8-21)13-24(29)27(25)37-16-26(34)31-22-6-5-17(2)18(3)11-22/h5-14,33H,4,16H2,1-3H3,(H,31,34)(H,32,35)/b20-12+. The highest BCUT2D eigenvalue weighted by atomic mass is 127. The minimum Gasteiger partial charge on any atom is -0.508 e. The average Bonchev–Trinajstić information content (AvgIpc) is 2.85. The fourth-order valence-corrected chi connectivity index (χ4v) is 4.07. The Balaban J connectivity index is 1.76. The number of hydrogen-bond acceptors (Lipinski definition) is 6. The van der Waals surface area contributed by atoms with Crippen molar-refractivity contribution in [3.63, 3.8) is 0 Å². The summed E-state index contributed by atoms with van der Waals surface area (Å²) in [6, 6.07) is 16.9. The molecular weight excluding hydrogens is 585 g/mol. The van der Waals surface area contributed by atoms with E-state index in [1.54, 1.807) is 12.1 Å². The van der Waals surface area contributed by atoms with Crippen LogP contribution in [-0.4, -0.2) is 30.1 Å². The van der Waals surface area contributed by atoms with Crippen molar-refractivity contribution in [3.8, 4) is 23.3 Å². The van der Waals surface area contributed by atoms with Crippen molar-refractivity contribution < 1.29 is 24.2 Å². The van der Waals surface area contributed by atoms with Crippen LogP contribution in [0.25, 0.3) is 6.08 Å². The second kappa shape index (κ2) is 12.8. The molecule has 0 spiro atoms. The maximum absolute atomic E-state index is 12.6. The van der Waals surface area contributed by atoms with E-state index in [0.717, 1.165) is 11.1 Å². The van der Waals surface area contributed by atoms with E-state index < -0.39 is 5.91 Å². The predicted molar refractivity (Wildman–Crippen MR) is 151 cm³/mol. The summed E-state index contributed by atoms with van der Waals surface area (Å²) in [4.78, 5) is 25.1. The monoisotopic (exact) mass is 611 g/mol. The maximum atomic E-state index is 12.6. The number of rotatable bonds is 9. The van der Waals surface area contributed by atoms with Gasteiger partial charge in [0.15, 0.2) is 18.1 Å². The van der Waals surface area contributed by atoms with Gasteiger partial charge in [0.2, 0.25) is 0 Å². The van der Waals surface area contributed by atoms with E-state index in [2.05, 4.69) is 33.2 Å². The molecule has 0 saturated heterocycles. The van der Waals surface area contributed by atoms with Gasteiger partial charge in [-0.3, -0.25) is 9.59 Å². The molecule has 0 fully saturated rings. The number of anilines is 2. The van der Waals surface area contributed by atoms with Crippen molar-refractivity contribution in [2.24, 2.45) is 0 Å². The number of carbonyl (C=O) groups excluding carboxylic acids is 2. The van der Waals surface area contributed by atoms with Crippen molar-refractivity contribution in [3.05, 3.63) is 80.4 Å². The number of aromatic hydroxyl groups is 1. The molecule has 8 nitrogen and oxygen atoms in total. The fraction of sp³-hybridized carbons (Fsp3) is 0.179. The van der Waals surface area contributed by atoms with Crippen molar-refractivity contribution in [1.82, 2.24) is 0 Å². The second-order valence-corrected chi connectivity index (χ2v) is 9.23. The molecule has 0 unspecified atom stereocenters. The molecule has 0 saturated carbocycles. The van der Waals surface area contributed by atoms with Crippen molar-refractivity contribution in [2.75, 3.05) is 23.8 Å². The van der Waals surface area contributed by atoms with E-state index in [4.69, 9.17) is 9.47 Å². The first-order valence-corrected chi connectivity index (χ1v) is 12.5. The number of phenols is 1. The Morgan fingerprint density at radius 2 is 1.70 bits per heavy atom. The summed E-state index contributed by atoms with van der Waals surface area (Å²) < 4.78 is 12.2. The summed E-state index contributed by atoms with van der Waals surface area (Å²) in [5.74, 6) is -0.0671. The lowest BCUT2D eigenvalue weighted by molar-refractivity contribution is -0.118. The second-order valence-electron chi connectivity index (χ2n) is 8.07. The molecule has 3 aromatic rings. The van der Waals surface area contributed by atoms with Crippen LogP contribution in [0.1, 0.15) is 23.6 Å². The van der Waals surface area contributed by atoms with Crippen molar-refractivity contribution in [1.29, 1.82) is 5.26 Å². The molecule has 3 N–H and O–H groups in total. The number of ether oxygens (including phenoxy) is 2. The van der Waals surface area contributed by atoms with Gasteiger partial charge in [-0.2, -0.15) is 5.26 Å². The van der Waals surface area contributed by atoms with Gasteiger partial charge in [0.1, 0.15) is 17.4 Å². The quantitative estimate of drug-likeness (QED) is 0.126. The molecule has 190 valence electrons. The number of nitrogens with one attached hydrogen (secondary N) is 2. The number of carbonyl (C=O) groups is 2. The molecule has 0 aliphatic heterocycles. The lowest BCUT2D eigenvalue weighted by Gasteiger charge is -2.15. The van der Waals surface area contributed by atoms with Gasteiger partial charge in [0.25, 0.3) is 11.8 Å². The highest BCUT2D eigenvalue weighted by Gasteiger charge is 2.16. The zero-order chi connectivity index (χ0) is 26.9. The van der Waals surface area contributed by atoms with Gasteiger partial charge in [-0.25, -0.2) is 0 Å². The average molecular weight is 611 g/mol. The molecule has 9 heteroatoms. The summed E-state index contributed by atoms with van der Waals surface area (Å²) in [5.41, 5.74) is 3.77. The summed E-state index contributed by atoms with van der Waals surface area (Å²) in [7, 11) is 0. The molecule has 3 rings (SSSR count). The van der Waals surface area contributed by atoms with Gasteiger partial charge in [0, 0.05) is 11.4 Å². The highest BCUT2D eigenvalue weighted by molar-refractivity contribution is 14.1. The molecule has 0 bridgehead atoms.